The van der Waals surface area contributed by atoms with E-state index in [9.17, 15) is 12.8 Å². The van der Waals surface area contributed by atoms with Crippen LogP contribution in [0.2, 0.25) is 0 Å². The molecule has 0 bridgehead atoms. The third kappa shape index (κ3) is 4.06. The molecule has 4 nitrogen and oxygen atoms in total. The van der Waals surface area contributed by atoms with E-state index in [0.717, 1.165) is 6.26 Å². The molecular weight excluding hydrogens is 233 g/mol. The predicted molar refractivity (Wildman–Crippen MR) is 61.2 cm³/mol. The van der Waals surface area contributed by atoms with E-state index < -0.39 is 15.7 Å². The Balaban J connectivity index is 2.67. The quantitative estimate of drug-likeness (QED) is 0.852. The van der Waals surface area contributed by atoms with Gasteiger partial charge in [0.2, 0.25) is 0 Å². The molecule has 0 aliphatic heterocycles. The fraction of sp³-hybridized carbons (Fsp3) is 0.400. The Morgan fingerprint density at radius 1 is 1.44 bits per heavy atom. The largest absolute Gasteiger partial charge is 0.494 e. The molecule has 1 rings (SSSR count). The smallest absolute Gasteiger partial charge is 0.149 e. The zero-order valence-electron chi connectivity index (χ0n) is 9.16. The van der Waals surface area contributed by atoms with Crippen molar-refractivity contribution in [1.29, 1.82) is 0 Å². The third-order valence-electron chi connectivity index (χ3n) is 1.95. The fourth-order valence-corrected chi connectivity index (χ4v) is 1.66. The summed E-state index contributed by atoms with van der Waals surface area (Å²) in [4.78, 5) is 0. The van der Waals surface area contributed by atoms with Crippen molar-refractivity contribution < 1.29 is 17.5 Å². The van der Waals surface area contributed by atoms with Crippen molar-refractivity contribution >= 4 is 15.5 Å². The molecule has 0 aromatic heterocycles. The van der Waals surface area contributed by atoms with Crippen molar-refractivity contribution in [3.8, 4) is 5.75 Å². The number of anilines is 1. The number of hydrogen-bond donors (Lipinski definition) is 1. The normalized spacial score (nSPS) is 11.2. The molecule has 1 aromatic carbocycles. The first-order chi connectivity index (χ1) is 7.42. The molecule has 0 atom stereocenters. The Morgan fingerprint density at radius 3 is 2.69 bits per heavy atom. The minimum absolute atomic E-state index is 0.0214. The highest BCUT2D eigenvalue weighted by atomic mass is 32.2. The van der Waals surface area contributed by atoms with E-state index in [2.05, 4.69) is 5.32 Å². The van der Waals surface area contributed by atoms with Gasteiger partial charge >= 0.3 is 0 Å². The van der Waals surface area contributed by atoms with Crippen LogP contribution in [-0.4, -0.2) is 34.1 Å². The number of rotatable bonds is 5. The van der Waals surface area contributed by atoms with Gasteiger partial charge in [-0.2, -0.15) is 0 Å². The number of benzene rings is 1. The zero-order chi connectivity index (χ0) is 12.2. The van der Waals surface area contributed by atoms with Crippen LogP contribution in [-0.2, 0) is 9.84 Å². The molecule has 16 heavy (non-hydrogen) atoms. The van der Waals surface area contributed by atoms with Crippen LogP contribution in [0.5, 0.6) is 5.75 Å². The van der Waals surface area contributed by atoms with Gasteiger partial charge in [0.1, 0.15) is 21.4 Å². The highest BCUT2D eigenvalue weighted by molar-refractivity contribution is 7.90. The van der Waals surface area contributed by atoms with Crippen LogP contribution in [0.4, 0.5) is 10.1 Å². The van der Waals surface area contributed by atoms with Crippen LogP contribution in [0.3, 0.4) is 0 Å². The van der Waals surface area contributed by atoms with Gasteiger partial charge in [0.05, 0.1) is 18.6 Å². The van der Waals surface area contributed by atoms with Crippen LogP contribution in [0.1, 0.15) is 0 Å². The van der Waals surface area contributed by atoms with Gasteiger partial charge in [-0.3, -0.25) is 0 Å². The second-order valence-electron chi connectivity index (χ2n) is 3.40. The van der Waals surface area contributed by atoms with Crippen molar-refractivity contribution in [2.45, 2.75) is 0 Å². The van der Waals surface area contributed by atoms with Gasteiger partial charge in [-0.25, -0.2) is 12.8 Å². The van der Waals surface area contributed by atoms with Crippen LogP contribution in [0.15, 0.2) is 18.2 Å². The number of methoxy groups -OCH3 is 1. The Labute approximate surface area is 94.3 Å². The average Bonchev–Trinajstić information content (AvgIpc) is 2.18. The van der Waals surface area contributed by atoms with Gasteiger partial charge in [-0.15, -0.1) is 0 Å². The summed E-state index contributed by atoms with van der Waals surface area (Å²) in [6, 6.07) is 4.03. The lowest BCUT2D eigenvalue weighted by molar-refractivity contribution is 0.413. The van der Waals surface area contributed by atoms with Crippen LogP contribution in [0, 0.1) is 5.82 Å². The molecular formula is C10H14FNO3S. The maximum absolute atomic E-state index is 12.8. The predicted octanol–water partition coefficient (Wildman–Crippen LogP) is 1.29. The molecule has 6 heteroatoms. The Hall–Kier alpha value is -1.30. The molecule has 0 fully saturated rings. The molecule has 90 valence electrons. The monoisotopic (exact) mass is 247 g/mol. The molecule has 0 spiro atoms. The third-order valence-corrected chi connectivity index (χ3v) is 2.90. The maximum Gasteiger partial charge on any atom is 0.149 e. The lowest BCUT2D eigenvalue weighted by Crippen LogP contribution is -2.14. The molecule has 0 heterocycles. The topological polar surface area (TPSA) is 55.4 Å². The molecule has 0 amide bonds. The first kappa shape index (κ1) is 12.8. The van der Waals surface area contributed by atoms with Gasteiger partial charge in [0, 0.05) is 18.9 Å². The van der Waals surface area contributed by atoms with E-state index in [4.69, 9.17) is 4.74 Å². The SMILES string of the molecule is COc1cc(F)ccc1NCCS(C)(=O)=O. The van der Waals surface area contributed by atoms with E-state index in [1.54, 1.807) is 0 Å². The Kier molecular flexibility index (Phi) is 4.12. The minimum Gasteiger partial charge on any atom is -0.494 e. The molecule has 1 aromatic rings. The van der Waals surface area contributed by atoms with Crippen molar-refractivity contribution in [1.82, 2.24) is 0 Å². The number of ether oxygens (including phenoxy) is 1. The van der Waals surface area contributed by atoms with Crippen LogP contribution < -0.4 is 10.1 Å². The van der Waals surface area contributed by atoms with Crippen LogP contribution >= 0.6 is 0 Å². The van der Waals surface area contributed by atoms with Crippen molar-refractivity contribution in [2.24, 2.45) is 0 Å². The molecule has 0 aliphatic carbocycles. The van der Waals surface area contributed by atoms with Gasteiger partial charge < -0.3 is 10.1 Å². The van der Waals surface area contributed by atoms with Crippen molar-refractivity contribution in [3.63, 3.8) is 0 Å². The van der Waals surface area contributed by atoms with E-state index >= 15 is 0 Å². The average molecular weight is 247 g/mol. The summed E-state index contributed by atoms with van der Waals surface area (Å²) in [7, 11) is -1.57. The molecule has 0 saturated carbocycles. The summed E-state index contributed by atoms with van der Waals surface area (Å²) >= 11 is 0. The molecule has 0 saturated heterocycles. The summed E-state index contributed by atoms with van der Waals surface area (Å²) in [5.41, 5.74) is 0.576. The molecule has 1 N–H and O–H groups in total. The summed E-state index contributed by atoms with van der Waals surface area (Å²) in [6.07, 6.45) is 1.16. The van der Waals surface area contributed by atoms with Gasteiger partial charge in [0.25, 0.3) is 0 Å². The lowest BCUT2D eigenvalue weighted by Gasteiger charge is -2.10. The van der Waals surface area contributed by atoms with Crippen molar-refractivity contribution in [2.75, 3.05) is 31.0 Å². The van der Waals surface area contributed by atoms with E-state index in [1.807, 2.05) is 0 Å². The Bertz CT molecular complexity index is 459. The Morgan fingerprint density at radius 2 is 2.12 bits per heavy atom. The highest BCUT2D eigenvalue weighted by Crippen LogP contribution is 2.24. The molecule has 0 radical (unpaired) electrons. The first-order valence-electron chi connectivity index (χ1n) is 4.67. The first-order valence-corrected chi connectivity index (χ1v) is 6.73. The molecule has 0 aliphatic rings. The summed E-state index contributed by atoms with van der Waals surface area (Å²) < 4.78 is 39.6. The van der Waals surface area contributed by atoms with E-state index in [1.165, 1.54) is 25.3 Å². The highest BCUT2D eigenvalue weighted by Gasteiger charge is 2.06. The summed E-state index contributed by atoms with van der Waals surface area (Å²) in [5, 5.41) is 2.88. The number of hydrogen-bond acceptors (Lipinski definition) is 4. The van der Waals surface area contributed by atoms with Gasteiger partial charge in [-0.05, 0) is 12.1 Å². The summed E-state index contributed by atoms with van der Waals surface area (Å²) in [6.45, 7) is 0.265. The van der Waals surface area contributed by atoms with E-state index in [0.29, 0.717) is 11.4 Å². The maximum atomic E-state index is 12.8. The standard InChI is InChI=1S/C10H14FNO3S/c1-15-10-7-8(11)3-4-9(10)12-5-6-16(2,13)14/h3-4,7,12H,5-6H2,1-2H3. The van der Waals surface area contributed by atoms with E-state index in [-0.39, 0.29) is 12.3 Å². The molecule has 0 unspecified atom stereocenters. The number of nitrogens with one attached hydrogen (secondary N) is 1. The lowest BCUT2D eigenvalue weighted by atomic mass is 10.3. The van der Waals surface area contributed by atoms with Crippen molar-refractivity contribution in [3.05, 3.63) is 24.0 Å². The second kappa shape index (κ2) is 5.16. The van der Waals surface area contributed by atoms with Gasteiger partial charge in [-0.1, -0.05) is 0 Å². The zero-order valence-corrected chi connectivity index (χ0v) is 9.97. The summed E-state index contributed by atoms with van der Waals surface area (Å²) in [5.74, 6) is -0.0212. The number of halogens is 1. The number of sulfone groups is 1. The van der Waals surface area contributed by atoms with Gasteiger partial charge in [0.15, 0.2) is 0 Å². The second-order valence-corrected chi connectivity index (χ2v) is 5.66. The van der Waals surface area contributed by atoms with Crippen LogP contribution in [0.25, 0.3) is 0 Å². The fourth-order valence-electron chi connectivity index (χ4n) is 1.18. The minimum atomic E-state index is -3.00.